The molecule has 2 aromatic carbocycles. The molecule has 6 rings (SSSR count). The van der Waals surface area contributed by atoms with E-state index in [2.05, 4.69) is 20.4 Å². The van der Waals surface area contributed by atoms with Crippen LogP contribution in [0.3, 0.4) is 0 Å². The van der Waals surface area contributed by atoms with Crippen LogP contribution in [-0.2, 0) is 6.54 Å². The molecule has 158 valence electrons. The van der Waals surface area contributed by atoms with Crippen LogP contribution < -0.4 is 14.8 Å². The first-order chi connectivity index (χ1) is 15.7. The summed E-state index contributed by atoms with van der Waals surface area (Å²) in [7, 11) is 0. The molecule has 0 bridgehead atoms. The first-order valence-electron chi connectivity index (χ1n) is 10.1. The van der Waals surface area contributed by atoms with Crippen LogP contribution in [0.25, 0.3) is 21.3 Å². The summed E-state index contributed by atoms with van der Waals surface area (Å²) in [6.45, 7) is 1.66. The van der Waals surface area contributed by atoms with Crippen molar-refractivity contribution in [2.75, 3.05) is 18.5 Å². The third-order valence-corrected chi connectivity index (χ3v) is 6.12. The van der Waals surface area contributed by atoms with Crippen molar-refractivity contribution >= 4 is 43.6 Å². The number of thiazole rings is 1. The largest absolute Gasteiger partial charge is 0.486 e. The number of ether oxygens (including phenoxy) is 2. The number of rotatable bonds is 4. The molecule has 0 atom stereocenters. The summed E-state index contributed by atoms with van der Waals surface area (Å²) in [5.41, 5.74) is 3.07. The zero-order valence-electron chi connectivity index (χ0n) is 16.8. The minimum absolute atomic E-state index is 0.272. The molecule has 1 aliphatic rings. The predicted octanol–water partition coefficient (Wildman–Crippen LogP) is 4.11. The number of pyridine rings is 1. The van der Waals surface area contributed by atoms with Gasteiger partial charge in [-0.3, -0.25) is 10.1 Å². The van der Waals surface area contributed by atoms with Gasteiger partial charge in [-0.2, -0.15) is 5.10 Å². The van der Waals surface area contributed by atoms with Crippen LogP contribution in [0.2, 0.25) is 0 Å². The van der Waals surface area contributed by atoms with E-state index in [1.54, 1.807) is 18.5 Å². The Bertz CT molecular complexity index is 1420. The number of carbonyl (C=O) groups is 1. The van der Waals surface area contributed by atoms with E-state index in [0.717, 1.165) is 26.8 Å². The van der Waals surface area contributed by atoms with Gasteiger partial charge >= 0.3 is 0 Å². The minimum atomic E-state index is -0.272. The average molecular weight is 443 g/mol. The van der Waals surface area contributed by atoms with E-state index < -0.39 is 0 Å². The fourth-order valence-electron chi connectivity index (χ4n) is 3.66. The molecule has 4 heterocycles. The Kier molecular flexibility index (Phi) is 4.46. The average Bonchev–Trinajstić information content (AvgIpc) is 3.40. The number of carbonyl (C=O) groups excluding carboxylic acids is 1. The van der Waals surface area contributed by atoms with Crippen molar-refractivity contribution in [2.24, 2.45) is 0 Å². The van der Waals surface area contributed by atoms with E-state index in [0.29, 0.717) is 42.0 Å². The van der Waals surface area contributed by atoms with E-state index in [-0.39, 0.29) is 5.91 Å². The second-order valence-corrected chi connectivity index (χ2v) is 8.39. The zero-order chi connectivity index (χ0) is 21.5. The number of nitrogens with zero attached hydrogens (tertiary/aromatic N) is 4. The van der Waals surface area contributed by atoms with Crippen molar-refractivity contribution in [2.45, 2.75) is 6.54 Å². The fourth-order valence-corrected chi connectivity index (χ4v) is 4.53. The van der Waals surface area contributed by atoms with Gasteiger partial charge in [-0.05, 0) is 11.6 Å². The highest BCUT2D eigenvalue weighted by molar-refractivity contribution is 7.22. The Morgan fingerprint density at radius 2 is 1.88 bits per heavy atom. The van der Waals surface area contributed by atoms with E-state index in [1.807, 2.05) is 47.1 Å². The van der Waals surface area contributed by atoms with Gasteiger partial charge in [0.15, 0.2) is 22.3 Å². The Morgan fingerprint density at radius 3 is 2.72 bits per heavy atom. The molecule has 0 fully saturated rings. The highest BCUT2D eigenvalue weighted by Gasteiger charge is 2.17. The van der Waals surface area contributed by atoms with Crippen LogP contribution in [0.5, 0.6) is 11.5 Å². The Labute approximate surface area is 186 Å². The van der Waals surface area contributed by atoms with Gasteiger partial charge in [0.05, 0.1) is 28.5 Å². The van der Waals surface area contributed by atoms with Crippen molar-refractivity contribution < 1.29 is 14.3 Å². The molecule has 3 aromatic heterocycles. The lowest BCUT2D eigenvalue weighted by Gasteiger charge is -2.17. The highest BCUT2D eigenvalue weighted by atomic mass is 32.1. The lowest BCUT2D eigenvalue weighted by molar-refractivity contribution is 0.102. The lowest BCUT2D eigenvalue weighted by Crippen LogP contribution is -2.15. The summed E-state index contributed by atoms with van der Waals surface area (Å²) >= 11 is 1.39. The van der Waals surface area contributed by atoms with E-state index in [1.165, 1.54) is 11.3 Å². The van der Waals surface area contributed by atoms with Crippen LogP contribution >= 0.6 is 11.3 Å². The maximum atomic E-state index is 12.8. The van der Waals surface area contributed by atoms with Crippen molar-refractivity contribution in [1.29, 1.82) is 0 Å². The number of amides is 1. The number of aromatic nitrogens is 4. The third-order valence-electron chi connectivity index (χ3n) is 5.19. The molecule has 0 radical (unpaired) electrons. The summed E-state index contributed by atoms with van der Waals surface area (Å²) in [6.07, 6.45) is 3.29. The van der Waals surface area contributed by atoms with E-state index in [4.69, 9.17) is 9.47 Å². The van der Waals surface area contributed by atoms with Crippen molar-refractivity contribution in [3.05, 3.63) is 72.1 Å². The van der Waals surface area contributed by atoms with Gasteiger partial charge in [0.2, 0.25) is 0 Å². The van der Waals surface area contributed by atoms with Crippen molar-refractivity contribution in [1.82, 2.24) is 19.7 Å². The summed E-state index contributed by atoms with van der Waals surface area (Å²) in [6, 6.07) is 15.6. The topological polar surface area (TPSA) is 91.2 Å². The first-order valence-corrected chi connectivity index (χ1v) is 10.9. The van der Waals surface area contributed by atoms with Gasteiger partial charge in [-0.15, -0.1) is 0 Å². The summed E-state index contributed by atoms with van der Waals surface area (Å²) in [4.78, 5) is 21.8. The molecule has 0 saturated heterocycles. The molecule has 1 amide bonds. The normalized spacial score (nSPS) is 12.9. The van der Waals surface area contributed by atoms with Crippen LogP contribution in [-0.4, -0.2) is 38.9 Å². The Balaban J connectivity index is 1.24. The third kappa shape index (κ3) is 3.42. The van der Waals surface area contributed by atoms with Crippen LogP contribution in [0.15, 0.2) is 60.9 Å². The molecule has 0 spiro atoms. The molecule has 1 aliphatic heterocycles. The molecule has 32 heavy (non-hydrogen) atoms. The number of hydrogen-bond acceptors (Lipinski definition) is 7. The van der Waals surface area contributed by atoms with Crippen molar-refractivity contribution in [3.63, 3.8) is 0 Å². The van der Waals surface area contributed by atoms with E-state index >= 15 is 0 Å². The number of nitrogens with one attached hydrogen (secondary N) is 1. The molecule has 1 N–H and O–H groups in total. The molecule has 8 nitrogen and oxygen atoms in total. The Morgan fingerprint density at radius 1 is 1.06 bits per heavy atom. The molecule has 0 aliphatic carbocycles. The van der Waals surface area contributed by atoms with Crippen molar-refractivity contribution in [3.8, 4) is 11.5 Å². The second-order valence-electron chi connectivity index (χ2n) is 7.36. The van der Waals surface area contributed by atoms with Gasteiger partial charge in [-0.25, -0.2) is 14.6 Å². The number of anilines is 1. The van der Waals surface area contributed by atoms with Gasteiger partial charge < -0.3 is 9.47 Å². The maximum Gasteiger partial charge on any atom is 0.259 e. The molecule has 9 heteroatoms. The maximum absolute atomic E-state index is 12.8. The number of fused-ring (bicyclic) bond motifs is 3. The van der Waals surface area contributed by atoms with Gasteiger partial charge in [0.1, 0.15) is 13.2 Å². The molecular weight excluding hydrogens is 426 g/mol. The number of benzene rings is 2. The summed E-state index contributed by atoms with van der Waals surface area (Å²) in [5, 5.41) is 8.61. The SMILES string of the molecule is O=C(Nc1nc2cc3c(cc2s1)OCCO3)c1cnc2c(cnn2Cc2ccccc2)c1. The standard InChI is InChI=1S/C23H17N5O3S/c29-22(27-23-26-17-9-18-19(10-20(17)32-23)31-7-6-30-18)16-8-15-12-25-28(21(15)24-11-16)13-14-4-2-1-3-5-14/h1-5,8-12H,6-7,13H2,(H,26,27,29). The first kappa shape index (κ1) is 18.8. The molecule has 0 saturated carbocycles. The van der Waals surface area contributed by atoms with Crippen LogP contribution in [0.4, 0.5) is 5.13 Å². The number of hydrogen-bond donors (Lipinski definition) is 1. The lowest BCUT2D eigenvalue weighted by atomic mass is 10.2. The predicted molar refractivity (Wildman–Crippen MR) is 122 cm³/mol. The second kappa shape index (κ2) is 7.61. The quantitative estimate of drug-likeness (QED) is 0.449. The molecular formula is C23H17N5O3S. The van der Waals surface area contributed by atoms with Gasteiger partial charge in [-0.1, -0.05) is 41.7 Å². The fraction of sp³-hybridized carbons (Fsp3) is 0.130. The van der Waals surface area contributed by atoms with Crippen LogP contribution in [0.1, 0.15) is 15.9 Å². The van der Waals surface area contributed by atoms with Gasteiger partial charge in [0, 0.05) is 23.7 Å². The highest BCUT2D eigenvalue weighted by Crippen LogP contribution is 2.37. The minimum Gasteiger partial charge on any atom is -0.486 e. The van der Waals surface area contributed by atoms with Gasteiger partial charge in [0.25, 0.3) is 5.91 Å². The summed E-state index contributed by atoms with van der Waals surface area (Å²) in [5.74, 6) is 1.10. The summed E-state index contributed by atoms with van der Waals surface area (Å²) < 4.78 is 14.0. The Hall–Kier alpha value is -3.98. The van der Waals surface area contributed by atoms with E-state index in [9.17, 15) is 4.79 Å². The molecule has 5 aromatic rings. The monoisotopic (exact) mass is 443 g/mol. The zero-order valence-corrected chi connectivity index (χ0v) is 17.6. The smallest absolute Gasteiger partial charge is 0.259 e. The molecule has 0 unspecified atom stereocenters. The van der Waals surface area contributed by atoms with Crippen LogP contribution in [0, 0.1) is 0 Å².